The Balaban J connectivity index is 1.76. The second-order valence-electron chi connectivity index (χ2n) is 8.35. The van der Waals surface area contributed by atoms with Gasteiger partial charge in [0, 0.05) is 10.9 Å². The fourth-order valence-electron chi connectivity index (χ4n) is 4.18. The molecule has 5 aromatic rings. The molecule has 0 unspecified atom stereocenters. The van der Waals surface area contributed by atoms with Gasteiger partial charge >= 0.3 is 12.1 Å². The molecule has 5 rings (SSSR count). The van der Waals surface area contributed by atoms with Gasteiger partial charge in [-0.25, -0.2) is 9.18 Å². The van der Waals surface area contributed by atoms with Gasteiger partial charge < -0.3 is 5.11 Å². The largest absolute Gasteiger partial charge is 0.478 e. The summed E-state index contributed by atoms with van der Waals surface area (Å²) >= 11 is 6.09. The second-order valence-corrected chi connectivity index (χ2v) is 8.76. The van der Waals surface area contributed by atoms with Crippen LogP contribution < -0.4 is 0 Å². The van der Waals surface area contributed by atoms with E-state index in [1.807, 2.05) is 0 Å². The van der Waals surface area contributed by atoms with Crippen molar-refractivity contribution in [3.05, 3.63) is 112 Å². The predicted molar refractivity (Wildman–Crippen MR) is 134 cm³/mol. The van der Waals surface area contributed by atoms with Gasteiger partial charge in [-0.1, -0.05) is 48.0 Å². The van der Waals surface area contributed by atoms with E-state index in [0.717, 1.165) is 16.8 Å². The van der Waals surface area contributed by atoms with Gasteiger partial charge in [0.1, 0.15) is 11.5 Å². The van der Waals surface area contributed by atoms with Crippen LogP contribution in [0.3, 0.4) is 0 Å². The van der Waals surface area contributed by atoms with Crippen LogP contribution in [0.2, 0.25) is 5.02 Å². The van der Waals surface area contributed by atoms with Gasteiger partial charge in [-0.3, -0.25) is 4.79 Å². The highest BCUT2D eigenvalue weighted by Gasteiger charge is 2.37. The van der Waals surface area contributed by atoms with E-state index in [-0.39, 0.29) is 16.8 Å². The third-order valence-electron chi connectivity index (χ3n) is 5.97. The summed E-state index contributed by atoms with van der Waals surface area (Å²) in [6.07, 6.45) is -4.86. The molecule has 0 bridgehead atoms. The number of rotatable bonds is 4. The number of fused-ring (bicyclic) bond motifs is 1. The molecule has 0 aliphatic carbocycles. The maximum Gasteiger partial charge on any atom is 0.417 e. The van der Waals surface area contributed by atoms with E-state index < -0.39 is 40.0 Å². The topological polar surface area (TPSA) is 72.2 Å². The molecule has 0 fully saturated rings. The Morgan fingerprint density at radius 2 is 1.50 bits per heavy atom. The number of carboxylic acids is 1. The van der Waals surface area contributed by atoms with Gasteiger partial charge in [-0.2, -0.15) is 23.0 Å². The maximum absolute atomic E-state index is 13.9. The van der Waals surface area contributed by atoms with Crippen LogP contribution in [-0.4, -0.2) is 26.8 Å². The van der Waals surface area contributed by atoms with Crippen LogP contribution in [0.5, 0.6) is 0 Å². The van der Waals surface area contributed by atoms with E-state index >= 15 is 0 Å². The first kappa shape index (κ1) is 25.2. The number of carbonyl (C=O) groups excluding carboxylic acids is 1. The van der Waals surface area contributed by atoms with Crippen molar-refractivity contribution in [3.8, 4) is 22.4 Å². The van der Waals surface area contributed by atoms with Crippen molar-refractivity contribution < 1.29 is 32.3 Å². The van der Waals surface area contributed by atoms with Crippen LogP contribution >= 0.6 is 11.6 Å². The summed E-state index contributed by atoms with van der Waals surface area (Å²) in [5, 5.41) is 13.6. The molecule has 0 radical (unpaired) electrons. The normalized spacial score (nSPS) is 11.6. The molecule has 0 spiro atoms. The number of benzene rings is 4. The van der Waals surface area contributed by atoms with Gasteiger partial charge in [0.15, 0.2) is 0 Å². The van der Waals surface area contributed by atoms with Crippen LogP contribution in [-0.2, 0) is 6.18 Å². The Bertz CT molecular complexity index is 1730. The molecular formula is C28H15ClF4N2O3. The van der Waals surface area contributed by atoms with Gasteiger partial charge in [-0.05, 0) is 59.7 Å². The minimum absolute atomic E-state index is 0.0211. The lowest BCUT2D eigenvalue weighted by molar-refractivity contribution is -0.137. The second kappa shape index (κ2) is 9.42. The number of carboxylic acid groups (broad SMARTS) is 1. The molecule has 4 aromatic carbocycles. The maximum atomic E-state index is 13.9. The van der Waals surface area contributed by atoms with Crippen molar-refractivity contribution in [2.45, 2.75) is 6.18 Å². The molecule has 0 saturated carbocycles. The highest BCUT2D eigenvalue weighted by Crippen LogP contribution is 2.37. The molecule has 0 aliphatic rings. The number of halogens is 5. The van der Waals surface area contributed by atoms with Crippen LogP contribution in [0.4, 0.5) is 17.6 Å². The molecule has 190 valence electrons. The van der Waals surface area contributed by atoms with Gasteiger partial charge in [0.25, 0.3) is 5.91 Å². The minimum atomic E-state index is -4.86. The molecular weight excluding hydrogens is 524 g/mol. The molecule has 0 saturated heterocycles. The number of aromatic nitrogens is 2. The fourth-order valence-corrected chi connectivity index (χ4v) is 4.44. The first-order valence-corrected chi connectivity index (χ1v) is 11.5. The molecule has 1 heterocycles. The number of carbonyl (C=O) groups is 2. The van der Waals surface area contributed by atoms with E-state index in [1.54, 1.807) is 18.2 Å². The lowest BCUT2D eigenvalue weighted by atomic mass is 10.0. The lowest BCUT2D eigenvalue weighted by Gasteiger charge is -2.13. The molecule has 0 atom stereocenters. The fraction of sp³-hybridized carbons (Fsp3) is 0.0357. The summed E-state index contributed by atoms with van der Waals surface area (Å²) in [7, 11) is 0. The molecule has 38 heavy (non-hydrogen) atoms. The summed E-state index contributed by atoms with van der Waals surface area (Å²) in [5.41, 5.74) is -0.170. The highest BCUT2D eigenvalue weighted by molar-refractivity contribution is 6.34. The number of hydrogen-bond donors (Lipinski definition) is 1. The third-order valence-corrected chi connectivity index (χ3v) is 6.28. The first-order valence-electron chi connectivity index (χ1n) is 11.1. The van der Waals surface area contributed by atoms with E-state index in [1.165, 1.54) is 54.6 Å². The van der Waals surface area contributed by atoms with Crippen molar-refractivity contribution in [1.29, 1.82) is 0 Å². The van der Waals surface area contributed by atoms with E-state index in [2.05, 4.69) is 5.10 Å². The highest BCUT2D eigenvalue weighted by atomic mass is 35.5. The minimum Gasteiger partial charge on any atom is -0.478 e. The van der Waals surface area contributed by atoms with Gasteiger partial charge in [0.2, 0.25) is 0 Å². The smallest absolute Gasteiger partial charge is 0.417 e. The zero-order chi connectivity index (χ0) is 27.2. The van der Waals surface area contributed by atoms with E-state index in [0.29, 0.717) is 22.1 Å². The first-order chi connectivity index (χ1) is 18.0. The van der Waals surface area contributed by atoms with Crippen molar-refractivity contribution in [2.75, 3.05) is 0 Å². The Hall–Kier alpha value is -4.50. The monoisotopic (exact) mass is 538 g/mol. The van der Waals surface area contributed by atoms with Crippen molar-refractivity contribution >= 4 is 34.4 Å². The average molecular weight is 539 g/mol. The van der Waals surface area contributed by atoms with E-state index in [9.17, 15) is 32.3 Å². The average Bonchev–Trinajstić information content (AvgIpc) is 3.26. The Morgan fingerprint density at radius 1 is 0.842 bits per heavy atom. The predicted octanol–water partition coefficient (Wildman–Crippen LogP) is 7.57. The molecule has 10 heteroatoms. The van der Waals surface area contributed by atoms with Gasteiger partial charge in [0.05, 0.1) is 27.2 Å². The van der Waals surface area contributed by atoms with Crippen LogP contribution in [0.25, 0.3) is 33.3 Å². The molecule has 1 aromatic heterocycles. The summed E-state index contributed by atoms with van der Waals surface area (Å²) in [6, 6.07) is 19.2. The van der Waals surface area contributed by atoms with Crippen LogP contribution in [0.1, 0.15) is 26.3 Å². The zero-order valence-electron chi connectivity index (χ0n) is 19.1. The van der Waals surface area contributed by atoms with Crippen molar-refractivity contribution in [1.82, 2.24) is 9.78 Å². The molecule has 0 amide bonds. The lowest BCUT2D eigenvalue weighted by Crippen LogP contribution is -2.20. The van der Waals surface area contributed by atoms with Crippen molar-refractivity contribution in [2.24, 2.45) is 0 Å². The van der Waals surface area contributed by atoms with Gasteiger partial charge in [-0.15, -0.1) is 0 Å². The van der Waals surface area contributed by atoms with Crippen LogP contribution in [0.15, 0.2) is 84.9 Å². The SMILES string of the molecule is O=C(O)c1ccc(-c2nn(C(=O)c3c(Cl)cccc3C(F)(F)F)c3cc(-c4cccc(F)c4)ccc23)cc1. The molecule has 0 aliphatic heterocycles. The molecule has 5 nitrogen and oxygen atoms in total. The summed E-state index contributed by atoms with van der Waals surface area (Å²) in [6.45, 7) is 0. The summed E-state index contributed by atoms with van der Waals surface area (Å²) in [5.74, 6) is -2.74. The molecule has 1 N–H and O–H groups in total. The van der Waals surface area contributed by atoms with Crippen LogP contribution in [0, 0.1) is 5.82 Å². The Labute approximate surface area is 217 Å². The number of nitrogens with zero attached hydrogens (tertiary/aromatic N) is 2. The standard InChI is InChI=1S/C28H15ClF4N2O3/c29-22-6-2-5-21(28(31,32)33)24(22)26(36)35-23-14-18(17-3-1-4-19(30)13-17)11-12-20(23)25(34-35)15-7-9-16(10-8-15)27(37)38/h1-14H,(H,37,38). The van der Waals surface area contributed by atoms with E-state index in [4.69, 9.17) is 11.6 Å². The number of hydrogen-bond acceptors (Lipinski definition) is 3. The number of aromatic carboxylic acids is 1. The number of alkyl halides is 3. The summed E-state index contributed by atoms with van der Waals surface area (Å²) in [4.78, 5) is 24.9. The Kier molecular flexibility index (Phi) is 6.24. The quantitative estimate of drug-likeness (QED) is 0.240. The zero-order valence-corrected chi connectivity index (χ0v) is 19.9. The Morgan fingerprint density at radius 3 is 2.16 bits per heavy atom. The third kappa shape index (κ3) is 4.52. The van der Waals surface area contributed by atoms with Crippen molar-refractivity contribution in [3.63, 3.8) is 0 Å². The summed E-state index contributed by atoms with van der Waals surface area (Å²) < 4.78 is 56.1.